The van der Waals surface area contributed by atoms with Gasteiger partial charge in [-0.3, -0.25) is 0 Å². The van der Waals surface area contributed by atoms with Gasteiger partial charge in [0.2, 0.25) is 11.4 Å². The Hall–Kier alpha value is -1.99. The van der Waals surface area contributed by atoms with E-state index in [1.807, 2.05) is 14.4 Å². The van der Waals surface area contributed by atoms with Crippen LogP contribution in [0.5, 0.6) is 0 Å². The van der Waals surface area contributed by atoms with Gasteiger partial charge in [0, 0.05) is 22.3 Å². The van der Waals surface area contributed by atoms with E-state index >= 15 is 0 Å². The monoisotopic (exact) mass is 1290 g/mol. The van der Waals surface area contributed by atoms with Gasteiger partial charge in [-0.1, -0.05) is 417 Å². The third-order valence-corrected chi connectivity index (χ3v) is 21.0. The van der Waals surface area contributed by atoms with Crippen LogP contribution in [0.4, 0.5) is 0 Å². The molecular formula is C87H156N2Ni. The summed E-state index contributed by atoms with van der Waals surface area (Å²) in [6.07, 6.45) is 88.3. The molecule has 1 aliphatic heterocycles. The Morgan fingerprint density at radius 3 is 0.722 bits per heavy atom. The number of hydrogen-bond acceptors (Lipinski definition) is 0. The van der Waals surface area contributed by atoms with Gasteiger partial charge in [-0.25, -0.2) is 4.70 Å². The fourth-order valence-electron chi connectivity index (χ4n) is 14.3. The standard InChI is InChI=1S/C83H146N2.2C2H5.Ni/c1-5-8-11-14-17-19-21-23-25-27-29-31-33-35-37-38-40-42-44-46-48-50-52-54-56-58-61-64-73-81-80(72-63-60-57-55-53-51-49-47-45-43-41-39-36-34-32-30-28-26-24-22-20-18-15-12-9-6-2)82(78-70-65-67-76(4)74-78)85(84)83(81)79-71-66-69-77(75-79)68-62-59-16-13-10-7-3;2*1-2;/h65-67,69-71,74-75H,5-64,68,72-73H2,1-4H3;2*1H2,2H3;. The van der Waals surface area contributed by atoms with E-state index in [2.05, 4.69) is 90.1 Å². The maximum atomic E-state index is 12.5. The average Bonchev–Trinajstić information content (AvgIpc) is 1.64. The van der Waals surface area contributed by atoms with E-state index in [9.17, 15) is 5.53 Å². The third-order valence-electron chi connectivity index (χ3n) is 20.0. The third kappa shape index (κ3) is 47.8. The molecule has 0 fully saturated rings. The second kappa shape index (κ2) is 65.7. The minimum absolute atomic E-state index is 1.05. The van der Waals surface area contributed by atoms with Crippen LogP contribution in [-0.4, -0.2) is 4.70 Å². The maximum absolute atomic E-state index is 12.5. The van der Waals surface area contributed by atoms with E-state index < -0.39 is 0 Å². The summed E-state index contributed by atoms with van der Waals surface area (Å²) >= 11 is 1.82. The van der Waals surface area contributed by atoms with E-state index in [0.29, 0.717) is 0 Å². The first-order valence-electron chi connectivity index (χ1n) is 41.1. The molecule has 3 rings (SSSR count). The van der Waals surface area contributed by atoms with Crippen molar-refractivity contribution in [3.63, 3.8) is 0 Å². The van der Waals surface area contributed by atoms with Crippen molar-refractivity contribution >= 4 is 11.4 Å². The zero-order valence-electron chi connectivity index (χ0n) is 61.8. The van der Waals surface area contributed by atoms with Gasteiger partial charge in [-0.15, -0.1) is 0 Å². The van der Waals surface area contributed by atoms with E-state index in [1.165, 1.54) is 429 Å². The van der Waals surface area contributed by atoms with Crippen molar-refractivity contribution in [1.29, 1.82) is 0 Å². The molecule has 1 aliphatic rings. The number of unbranched alkanes of at least 4 members (excludes halogenated alkanes) is 57. The summed E-state index contributed by atoms with van der Waals surface area (Å²) in [5.41, 5.74) is 22.5. The summed E-state index contributed by atoms with van der Waals surface area (Å²) in [5.74, 6) is 0. The summed E-state index contributed by atoms with van der Waals surface area (Å²) in [6, 6.07) is 18.2. The van der Waals surface area contributed by atoms with E-state index in [4.69, 9.17) is 0 Å². The van der Waals surface area contributed by atoms with Gasteiger partial charge in [-0.05, 0) is 75.3 Å². The van der Waals surface area contributed by atoms with Crippen molar-refractivity contribution < 1.29 is 19.1 Å². The molecule has 0 bridgehead atoms. The van der Waals surface area contributed by atoms with Gasteiger partial charge in [0.1, 0.15) is 0 Å². The number of benzene rings is 2. The topological polar surface area (TPSA) is 25.3 Å². The van der Waals surface area contributed by atoms with Crippen LogP contribution in [0.25, 0.3) is 16.9 Å². The predicted molar refractivity (Wildman–Crippen MR) is 403 cm³/mol. The van der Waals surface area contributed by atoms with Gasteiger partial charge in [0.15, 0.2) is 0 Å². The molecule has 3 heteroatoms. The first-order valence-corrected chi connectivity index (χ1v) is 42.5. The molecule has 0 saturated heterocycles. The summed E-state index contributed by atoms with van der Waals surface area (Å²) in [7, 11) is 0. The van der Waals surface area contributed by atoms with Crippen molar-refractivity contribution in [2.75, 3.05) is 0 Å². The molecule has 2 nitrogen and oxygen atoms in total. The van der Waals surface area contributed by atoms with Crippen molar-refractivity contribution in [3.8, 4) is 0 Å². The SMILES string of the molecule is CCCCCCCCCCCCCCCCCCCCCCCCCCCCCCC1=C(c2cccc(CCCCCCCC)c2)[N+](=[N-])C(c2cccc(C)c2)=C1CCCCCCCCCCCCCCCCCCCCCCCCCCCC.C[CH2][Ni][CH2]C. The van der Waals surface area contributed by atoms with Crippen molar-refractivity contribution in [3.05, 3.63) is 87.5 Å². The number of nitrogens with zero attached hydrogens (tertiary/aromatic N) is 2. The second-order valence-corrected chi connectivity index (χ2v) is 30.4. The molecule has 0 saturated carbocycles. The Bertz CT molecular complexity index is 1920. The Morgan fingerprint density at radius 2 is 0.489 bits per heavy atom. The van der Waals surface area contributed by atoms with E-state index in [0.717, 1.165) is 30.7 Å². The average molecular weight is 1290 g/mol. The quantitative estimate of drug-likeness (QED) is 0.0358. The fraction of sp³-hybridized carbons (Fsp3) is 0.816. The van der Waals surface area contributed by atoms with Gasteiger partial charge >= 0.3 is 39.1 Å². The molecule has 0 aliphatic carbocycles. The number of aryl methyl sites for hydroxylation is 2. The molecule has 0 aromatic heterocycles. The first-order chi connectivity index (χ1) is 44.5. The molecule has 0 N–H and O–H groups in total. The van der Waals surface area contributed by atoms with Gasteiger partial charge in [0.05, 0.1) is 0 Å². The molecule has 2 aromatic carbocycles. The van der Waals surface area contributed by atoms with Crippen LogP contribution in [-0.2, 0) is 20.9 Å². The van der Waals surface area contributed by atoms with Crippen LogP contribution in [0.15, 0.2) is 59.7 Å². The molecule has 0 spiro atoms. The Kier molecular flexibility index (Phi) is 61.4. The number of allylic oxidation sites excluding steroid dienone is 2. The predicted octanol–water partition coefficient (Wildman–Crippen LogP) is 31.9. The van der Waals surface area contributed by atoms with Crippen LogP contribution >= 0.6 is 0 Å². The van der Waals surface area contributed by atoms with Gasteiger partial charge < -0.3 is 5.53 Å². The van der Waals surface area contributed by atoms with E-state index in [1.54, 1.807) is 4.70 Å². The molecule has 1 heterocycles. The van der Waals surface area contributed by atoms with Gasteiger partial charge in [0.25, 0.3) is 0 Å². The van der Waals surface area contributed by atoms with Crippen molar-refractivity contribution in [1.82, 2.24) is 0 Å². The van der Waals surface area contributed by atoms with Crippen LogP contribution in [0.1, 0.15) is 455 Å². The Labute approximate surface area is 571 Å². The van der Waals surface area contributed by atoms with Crippen LogP contribution in [0.2, 0.25) is 10.8 Å². The zero-order valence-corrected chi connectivity index (χ0v) is 62.8. The van der Waals surface area contributed by atoms with Crippen LogP contribution in [0.3, 0.4) is 0 Å². The Balaban J connectivity index is 0.00000529. The van der Waals surface area contributed by atoms with Crippen molar-refractivity contribution in [2.45, 2.75) is 457 Å². The fourth-order valence-corrected chi connectivity index (χ4v) is 14.8. The number of hydrogen-bond donors (Lipinski definition) is 0. The summed E-state index contributed by atoms with van der Waals surface area (Å²) in [6.45, 7) is 13.5. The second-order valence-electron chi connectivity index (χ2n) is 28.5. The minimum atomic E-state index is 1.05. The first kappa shape index (κ1) is 84.1. The molecule has 90 heavy (non-hydrogen) atoms. The molecular weight excluding hydrogens is 1130 g/mol. The number of rotatable bonds is 67. The van der Waals surface area contributed by atoms with Crippen LogP contribution < -0.4 is 0 Å². The molecule has 2 aromatic rings. The van der Waals surface area contributed by atoms with Gasteiger partial charge in [-0.2, -0.15) is 0 Å². The summed E-state index contributed by atoms with van der Waals surface area (Å²) < 4.78 is 1.64. The molecule has 0 radical (unpaired) electrons. The summed E-state index contributed by atoms with van der Waals surface area (Å²) in [4.78, 5) is 0. The van der Waals surface area contributed by atoms with Crippen molar-refractivity contribution in [2.24, 2.45) is 0 Å². The normalized spacial score (nSPS) is 12.6. The van der Waals surface area contributed by atoms with Crippen LogP contribution in [0, 0.1) is 6.92 Å². The Morgan fingerprint density at radius 1 is 0.267 bits per heavy atom. The molecule has 0 unspecified atom stereocenters. The molecule has 0 amide bonds. The zero-order chi connectivity index (χ0) is 64.5. The summed E-state index contributed by atoms with van der Waals surface area (Å²) in [5, 5.41) is 2.56. The van der Waals surface area contributed by atoms with E-state index in [-0.39, 0.29) is 0 Å². The molecule has 524 valence electrons. The molecule has 0 atom stereocenters.